The Hall–Kier alpha value is -1.21. The van der Waals surface area contributed by atoms with E-state index in [1.54, 1.807) is 12.1 Å². The third-order valence-electron chi connectivity index (χ3n) is 3.65. The van der Waals surface area contributed by atoms with Gasteiger partial charge >= 0.3 is 7.60 Å². The highest BCUT2D eigenvalue weighted by molar-refractivity contribution is 7.89. The van der Waals surface area contributed by atoms with E-state index in [0.29, 0.717) is 5.02 Å². The third kappa shape index (κ3) is 6.22. The highest BCUT2D eigenvalue weighted by Crippen LogP contribution is 2.39. The first-order valence-corrected chi connectivity index (χ1v) is 11.2. The first-order chi connectivity index (χ1) is 11.6. The van der Waals surface area contributed by atoms with Gasteiger partial charge in [0, 0.05) is 5.02 Å². The Labute approximate surface area is 152 Å². The molecule has 0 heterocycles. The molecule has 0 saturated heterocycles. The van der Waals surface area contributed by atoms with Gasteiger partial charge in [0.25, 0.3) is 0 Å². The lowest BCUT2D eigenvalue weighted by molar-refractivity contribution is 0.357. The van der Waals surface area contributed by atoms with Crippen LogP contribution in [0.4, 0.5) is 0 Å². The number of sulfonamides is 1. The van der Waals surface area contributed by atoms with Gasteiger partial charge in [-0.3, -0.25) is 4.57 Å². The fourth-order valence-electron chi connectivity index (χ4n) is 2.15. The molecule has 2 aromatic carbocycles. The molecule has 136 valence electrons. The number of aryl methyl sites for hydroxylation is 1. The Balaban J connectivity index is 1.99. The smallest absolute Gasteiger partial charge is 0.323 e. The third-order valence-corrected chi connectivity index (χ3v) is 6.66. The number of hydrogen-bond acceptors (Lipinski definition) is 3. The molecule has 0 aromatic heterocycles. The summed E-state index contributed by atoms with van der Waals surface area (Å²) in [6.07, 6.45) is 0.240. The Morgan fingerprint density at radius 2 is 1.52 bits per heavy atom. The molecular formula is C16H19ClNO5PS. The van der Waals surface area contributed by atoms with E-state index in [-0.39, 0.29) is 12.2 Å². The predicted octanol–water partition coefficient (Wildman–Crippen LogP) is 2.99. The van der Waals surface area contributed by atoms with Crippen LogP contribution in [0.2, 0.25) is 5.02 Å². The molecule has 0 aliphatic carbocycles. The molecule has 9 heteroatoms. The van der Waals surface area contributed by atoms with Crippen LogP contribution in [-0.2, 0) is 21.0 Å². The maximum atomic E-state index is 11.9. The summed E-state index contributed by atoms with van der Waals surface area (Å²) >= 11 is 5.86. The molecule has 0 aliphatic heterocycles. The van der Waals surface area contributed by atoms with Crippen LogP contribution in [0.5, 0.6) is 0 Å². The highest BCUT2D eigenvalue weighted by Gasteiger charge is 2.28. The van der Waals surface area contributed by atoms with Gasteiger partial charge in [-0.1, -0.05) is 48.0 Å². The summed E-state index contributed by atoms with van der Waals surface area (Å²) in [7, 11) is -8.28. The summed E-state index contributed by atoms with van der Waals surface area (Å²) in [4.78, 5) is 17.9. The lowest BCUT2D eigenvalue weighted by atomic mass is 10.0. The Kier molecular flexibility index (Phi) is 6.43. The molecule has 1 atom stereocenters. The van der Waals surface area contributed by atoms with Crippen molar-refractivity contribution in [2.75, 3.05) is 5.75 Å². The lowest BCUT2D eigenvalue weighted by Crippen LogP contribution is -2.34. The molecule has 6 nitrogen and oxygen atoms in total. The second-order valence-corrected chi connectivity index (χ2v) is 9.92. The van der Waals surface area contributed by atoms with Crippen LogP contribution in [0.1, 0.15) is 12.5 Å². The zero-order valence-electron chi connectivity index (χ0n) is 13.5. The van der Waals surface area contributed by atoms with Gasteiger partial charge < -0.3 is 9.79 Å². The van der Waals surface area contributed by atoms with Crippen LogP contribution in [-0.4, -0.2) is 29.7 Å². The van der Waals surface area contributed by atoms with Crippen molar-refractivity contribution in [2.24, 2.45) is 0 Å². The van der Waals surface area contributed by atoms with Crippen LogP contribution in [0.15, 0.2) is 48.5 Å². The van der Waals surface area contributed by atoms with Crippen molar-refractivity contribution in [1.29, 1.82) is 0 Å². The molecule has 0 saturated carbocycles. The fourth-order valence-corrected chi connectivity index (χ4v) is 4.44. The van der Waals surface area contributed by atoms with E-state index >= 15 is 0 Å². The summed E-state index contributed by atoms with van der Waals surface area (Å²) in [6.45, 7) is 1.14. The Morgan fingerprint density at radius 3 is 2.00 bits per heavy atom. The standard InChI is InChI=1S/C16H19ClNO5PS/c1-12(24(19,20)21)18-25(22,23)11-10-13-2-4-14(5-3-13)15-6-8-16(17)9-7-15/h2-9,12,18H,10-11H2,1H3,(H2,19,20,21). The Morgan fingerprint density at radius 1 is 1.04 bits per heavy atom. The van der Waals surface area contributed by atoms with E-state index < -0.39 is 23.4 Å². The van der Waals surface area contributed by atoms with E-state index in [2.05, 4.69) is 0 Å². The van der Waals surface area contributed by atoms with Gasteiger partial charge in [-0.15, -0.1) is 0 Å². The van der Waals surface area contributed by atoms with Crippen molar-refractivity contribution >= 4 is 29.2 Å². The molecule has 2 aromatic rings. The van der Waals surface area contributed by atoms with E-state index in [9.17, 15) is 13.0 Å². The molecule has 3 N–H and O–H groups in total. The van der Waals surface area contributed by atoms with Gasteiger partial charge in [-0.2, -0.15) is 0 Å². The number of benzene rings is 2. The van der Waals surface area contributed by atoms with Crippen LogP contribution >= 0.6 is 19.2 Å². The maximum Gasteiger partial charge on any atom is 0.343 e. The van der Waals surface area contributed by atoms with Gasteiger partial charge in [-0.25, -0.2) is 13.1 Å². The van der Waals surface area contributed by atoms with Crippen molar-refractivity contribution in [2.45, 2.75) is 19.1 Å². The second kappa shape index (κ2) is 7.99. The number of halogens is 1. The molecular weight excluding hydrogens is 385 g/mol. The summed E-state index contributed by atoms with van der Waals surface area (Å²) in [5.41, 5.74) is 2.80. The van der Waals surface area contributed by atoms with E-state index in [1.165, 1.54) is 0 Å². The van der Waals surface area contributed by atoms with Gasteiger partial charge in [0.2, 0.25) is 10.0 Å². The SMILES string of the molecule is CC(NS(=O)(=O)CCc1ccc(-c2ccc(Cl)cc2)cc1)P(=O)(O)O. The minimum absolute atomic E-state index is 0.240. The molecule has 0 fully saturated rings. The predicted molar refractivity (Wildman–Crippen MR) is 99.0 cm³/mol. The summed E-state index contributed by atoms with van der Waals surface area (Å²) < 4.78 is 36.9. The van der Waals surface area contributed by atoms with Crippen molar-refractivity contribution in [3.63, 3.8) is 0 Å². The quantitative estimate of drug-likeness (QED) is 0.616. The average molecular weight is 404 g/mol. The zero-order valence-corrected chi connectivity index (χ0v) is 15.9. The second-order valence-electron chi connectivity index (χ2n) is 5.66. The number of rotatable bonds is 7. The van der Waals surface area contributed by atoms with Gasteiger partial charge in [0.05, 0.1) is 5.75 Å². The first-order valence-electron chi connectivity index (χ1n) is 7.47. The Bertz CT molecular complexity index is 862. The highest BCUT2D eigenvalue weighted by atomic mass is 35.5. The van der Waals surface area contributed by atoms with Crippen molar-refractivity contribution in [3.05, 3.63) is 59.1 Å². The molecule has 0 bridgehead atoms. The molecule has 25 heavy (non-hydrogen) atoms. The van der Waals surface area contributed by atoms with E-state index in [1.807, 2.05) is 41.1 Å². The molecule has 1 unspecified atom stereocenters. The average Bonchev–Trinajstić information content (AvgIpc) is 2.53. The van der Waals surface area contributed by atoms with Crippen LogP contribution in [0.3, 0.4) is 0 Å². The minimum atomic E-state index is -4.49. The summed E-state index contributed by atoms with van der Waals surface area (Å²) in [5.74, 6) is -1.69. The van der Waals surface area contributed by atoms with Crippen LogP contribution in [0, 0.1) is 0 Å². The first kappa shape index (κ1) is 20.1. The van der Waals surface area contributed by atoms with Gasteiger partial charge in [0.1, 0.15) is 5.78 Å². The van der Waals surface area contributed by atoms with Gasteiger partial charge in [0.15, 0.2) is 0 Å². The largest absolute Gasteiger partial charge is 0.343 e. The zero-order chi connectivity index (χ0) is 18.7. The molecule has 0 amide bonds. The molecule has 0 spiro atoms. The van der Waals surface area contributed by atoms with Crippen LogP contribution in [0.25, 0.3) is 11.1 Å². The molecule has 0 radical (unpaired) electrons. The normalized spacial score (nSPS) is 13.6. The molecule has 2 rings (SSSR count). The number of nitrogens with one attached hydrogen (secondary N) is 1. The van der Waals surface area contributed by atoms with Gasteiger partial charge in [-0.05, 0) is 42.2 Å². The van der Waals surface area contributed by atoms with E-state index in [4.69, 9.17) is 21.4 Å². The monoisotopic (exact) mass is 403 g/mol. The fraction of sp³-hybridized carbons (Fsp3) is 0.250. The lowest BCUT2D eigenvalue weighted by Gasteiger charge is -2.15. The van der Waals surface area contributed by atoms with Crippen molar-refractivity contribution < 1.29 is 22.8 Å². The number of hydrogen-bond donors (Lipinski definition) is 3. The van der Waals surface area contributed by atoms with Crippen molar-refractivity contribution in [3.8, 4) is 11.1 Å². The van der Waals surface area contributed by atoms with Crippen molar-refractivity contribution in [1.82, 2.24) is 4.72 Å². The topological polar surface area (TPSA) is 104 Å². The van der Waals surface area contributed by atoms with Crippen LogP contribution < -0.4 is 4.72 Å². The maximum absolute atomic E-state index is 11.9. The van der Waals surface area contributed by atoms with E-state index in [0.717, 1.165) is 23.6 Å². The summed E-state index contributed by atoms with van der Waals surface area (Å²) in [5, 5.41) is 0.655. The summed E-state index contributed by atoms with van der Waals surface area (Å²) in [6, 6.07) is 14.8. The molecule has 0 aliphatic rings. The minimum Gasteiger partial charge on any atom is -0.323 e.